The van der Waals surface area contributed by atoms with Crippen molar-refractivity contribution in [3.8, 4) is 0 Å². The average Bonchev–Trinajstić information content (AvgIpc) is 2.88. The van der Waals surface area contributed by atoms with Crippen LogP contribution in [0.5, 0.6) is 0 Å². The van der Waals surface area contributed by atoms with Crippen LogP contribution in [0.4, 0.5) is 0 Å². The molecule has 0 unspecified atom stereocenters. The summed E-state index contributed by atoms with van der Waals surface area (Å²) in [5.41, 5.74) is 1.13. The third kappa shape index (κ3) is 3.95. The Hall–Kier alpha value is -1.06. The van der Waals surface area contributed by atoms with Gasteiger partial charge in [0, 0.05) is 22.5 Å². The largest absolute Gasteiger partial charge is 0.252 e. The van der Waals surface area contributed by atoms with Gasteiger partial charge in [-0.2, -0.15) is 5.10 Å². The summed E-state index contributed by atoms with van der Waals surface area (Å²) in [5.74, 6) is 0.339. The second-order valence-corrected chi connectivity index (χ2v) is 5.47. The van der Waals surface area contributed by atoms with E-state index in [9.17, 15) is 0 Å². The Morgan fingerprint density at radius 3 is 2.79 bits per heavy atom. The maximum atomic E-state index is 6.31. The van der Waals surface area contributed by atoms with Crippen LogP contribution in [-0.4, -0.2) is 14.8 Å². The minimum absolute atomic E-state index is 0.339. The van der Waals surface area contributed by atoms with Crippen LogP contribution >= 0.6 is 23.2 Å². The Kier molecular flexibility index (Phi) is 5.23. The minimum Gasteiger partial charge on any atom is -0.252 e. The molecule has 2 aromatic rings. The van der Waals surface area contributed by atoms with Gasteiger partial charge in [-0.05, 0) is 24.1 Å². The van der Waals surface area contributed by atoms with Gasteiger partial charge in [0.25, 0.3) is 0 Å². The second-order valence-electron chi connectivity index (χ2n) is 4.62. The van der Waals surface area contributed by atoms with Crippen molar-refractivity contribution in [1.82, 2.24) is 14.8 Å². The predicted molar refractivity (Wildman–Crippen MR) is 78.8 cm³/mol. The summed E-state index contributed by atoms with van der Waals surface area (Å²) >= 11 is 12.3. The van der Waals surface area contributed by atoms with Crippen LogP contribution in [0.2, 0.25) is 10.0 Å². The van der Waals surface area contributed by atoms with Crippen molar-refractivity contribution < 1.29 is 0 Å². The number of nitrogens with zero attached hydrogens (tertiary/aromatic N) is 3. The first-order valence-electron chi connectivity index (χ1n) is 6.48. The van der Waals surface area contributed by atoms with E-state index in [1.54, 1.807) is 18.7 Å². The lowest BCUT2D eigenvalue weighted by Gasteiger charge is -2.18. The lowest BCUT2D eigenvalue weighted by molar-refractivity contribution is 0.474. The molecular formula is C14H17Cl2N3. The number of aromatic nitrogens is 3. The highest BCUT2D eigenvalue weighted by Gasteiger charge is 2.16. The Morgan fingerprint density at radius 2 is 2.16 bits per heavy atom. The third-order valence-corrected chi connectivity index (χ3v) is 3.74. The molecular weight excluding hydrogens is 281 g/mol. The van der Waals surface area contributed by atoms with Crippen molar-refractivity contribution >= 4 is 23.2 Å². The van der Waals surface area contributed by atoms with E-state index in [0.29, 0.717) is 10.9 Å². The van der Waals surface area contributed by atoms with Crippen LogP contribution in [0.15, 0.2) is 30.9 Å². The van der Waals surface area contributed by atoms with Gasteiger partial charge in [0.15, 0.2) is 0 Å². The molecule has 0 saturated carbocycles. The molecule has 0 amide bonds. The Balaban J connectivity index is 2.20. The molecule has 1 atom stereocenters. The van der Waals surface area contributed by atoms with E-state index in [-0.39, 0.29) is 0 Å². The lowest BCUT2D eigenvalue weighted by Crippen LogP contribution is -2.10. The SMILES string of the molecule is CCCC[C@@H](Cn1cncn1)c1ccc(Cl)cc1Cl. The van der Waals surface area contributed by atoms with E-state index < -0.39 is 0 Å². The fourth-order valence-corrected chi connectivity index (χ4v) is 2.74. The molecule has 5 heteroatoms. The van der Waals surface area contributed by atoms with E-state index in [1.165, 1.54) is 6.42 Å². The van der Waals surface area contributed by atoms with Crippen molar-refractivity contribution in [1.29, 1.82) is 0 Å². The summed E-state index contributed by atoms with van der Waals surface area (Å²) in [6, 6.07) is 5.71. The van der Waals surface area contributed by atoms with E-state index >= 15 is 0 Å². The fraction of sp³-hybridized carbons (Fsp3) is 0.429. The van der Waals surface area contributed by atoms with E-state index in [4.69, 9.17) is 23.2 Å². The van der Waals surface area contributed by atoms with Gasteiger partial charge in [-0.1, -0.05) is 49.0 Å². The first kappa shape index (κ1) is 14.4. The van der Waals surface area contributed by atoms with Crippen molar-refractivity contribution in [3.05, 3.63) is 46.5 Å². The van der Waals surface area contributed by atoms with Gasteiger partial charge in [-0.25, -0.2) is 4.98 Å². The average molecular weight is 298 g/mol. The van der Waals surface area contributed by atoms with Crippen molar-refractivity contribution in [2.45, 2.75) is 38.6 Å². The van der Waals surface area contributed by atoms with E-state index in [1.807, 2.05) is 16.8 Å². The van der Waals surface area contributed by atoms with Gasteiger partial charge in [0.05, 0.1) is 0 Å². The quantitative estimate of drug-likeness (QED) is 0.782. The molecule has 0 spiro atoms. The first-order valence-corrected chi connectivity index (χ1v) is 7.23. The maximum absolute atomic E-state index is 6.31. The normalized spacial score (nSPS) is 12.6. The van der Waals surface area contributed by atoms with E-state index in [0.717, 1.165) is 30.0 Å². The second kappa shape index (κ2) is 6.92. The molecule has 1 heterocycles. The van der Waals surface area contributed by atoms with Crippen LogP contribution in [0, 0.1) is 0 Å². The molecule has 3 nitrogen and oxygen atoms in total. The first-order chi connectivity index (χ1) is 9.20. The number of hydrogen-bond acceptors (Lipinski definition) is 2. The zero-order chi connectivity index (χ0) is 13.7. The lowest BCUT2D eigenvalue weighted by atomic mass is 9.93. The Bertz CT molecular complexity index is 511. The number of hydrogen-bond donors (Lipinski definition) is 0. The van der Waals surface area contributed by atoms with Gasteiger partial charge in [-0.15, -0.1) is 0 Å². The van der Waals surface area contributed by atoms with Crippen LogP contribution in [-0.2, 0) is 6.54 Å². The molecule has 0 radical (unpaired) electrons. The van der Waals surface area contributed by atoms with Crippen molar-refractivity contribution in [3.63, 3.8) is 0 Å². The fourth-order valence-electron chi connectivity index (χ4n) is 2.18. The molecule has 0 aliphatic carbocycles. The molecule has 1 aromatic carbocycles. The highest BCUT2D eigenvalue weighted by Crippen LogP contribution is 2.31. The van der Waals surface area contributed by atoms with Crippen LogP contribution in [0.25, 0.3) is 0 Å². The zero-order valence-electron chi connectivity index (χ0n) is 10.9. The third-order valence-electron chi connectivity index (χ3n) is 3.18. The Morgan fingerprint density at radius 1 is 1.32 bits per heavy atom. The van der Waals surface area contributed by atoms with Crippen LogP contribution < -0.4 is 0 Å². The molecule has 0 bridgehead atoms. The smallest absolute Gasteiger partial charge is 0.137 e. The predicted octanol–water partition coefficient (Wildman–Crippen LogP) is 4.56. The van der Waals surface area contributed by atoms with Crippen LogP contribution in [0.1, 0.15) is 37.7 Å². The molecule has 1 aromatic heterocycles. The molecule has 2 rings (SSSR count). The summed E-state index contributed by atoms with van der Waals surface area (Å²) in [6.07, 6.45) is 6.71. The van der Waals surface area contributed by atoms with E-state index in [2.05, 4.69) is 17.0 Å². The summed E-state index contributed by atoms with van der Waals surface area (Å²) in [5, 5.41) is 5.57. The summed E-state index contributed by atoms with van der Waals surface area (Å²) in [7, 11) is 0. The maximum Gasteiger partial charge on any atom is 0.137 e. The number of unbranched alkanes of at least 4 members (excludes halogenated alkanes) is 1. The molecule has 102 valence electrons. The standard InChI is InChI=1S/C14H17Cl2N3/c1-2-3-4-11(8-19-10-17-9-18-19)13-6-5-12(15)7-14(13)16/h5-7,9-11H,2-4,8H2,1H3/t11-/m0/s1. The van der Waals surface area contributed by atoms with Gasteiger partial charge >= 0.3 is 0 Å². The van der Waals surface area contributed by atoms with Gasteiger partial charge in [0.1, 0.15) is 12.7 Å². The highest BCUT2D eigenvalue weighted by molar-refractivity contribution is 6.35. The number of benzene rings is 1. The van der Waals surface area contributed by atoms with Gasteiger partial charge < -0.3 is 0 Å². The topological polar surface area (TPSA) is 30.7 Å². The minimum atomic E-state index is 0.339. The van der Waals surface area contributed by atoms with Gasteiger partial charge in [0.2, 0.25) is 0 Å². The summed E-state index contributed by atoms with van der Waals surface area (Å²) in [4.78, 5) is 3.98. The zero-order valence-corrected chi connectivity index (χ0v) is 12.4. The highest BCUT2D eigenvalue weighted by atomic mass is 35.5. The Labute approximate surface area is 123 Å². The molecule has 0 saturated heterocycles. The number of rotatable bonds is 6. The molecule has 0 fully saturated rings. The monoisotopic (exact) mass is 297 g/mol. The summed E-state index contributed by atoms with van der Waals surface area (Å²) < 4.78 is 1.85. The van der Waals surface area contributed by atoms with Crippen molar-refractivity contribution in [2.24, 2.45) is 0 Å². The molecule has 19 heavy (non-hydrogen) atoms. The summed E-state index contributed by atoms with van der Waals surface area (Å²) in [6.45, 7) is 2.98. The molecule has 0 N–H and O–H groups in total. The van der Waals surface area contributed by atoms with Crippen LogP contribution in [0.3, 0.4) is 0 Å². The van der Waals surface area contributed by atoms with Gasteiger partial charge in [-0.3, -0.25) is 4.68 Å². The molecule has 0 aliphatic rings. The van der Waals surface area contributed by atoms with Crippen molar-refractivity contribution in [2.75, 3.05) is 0 Å². The molecule has 0 aliphatic heterocycles. The number of halogens is 2.